The van der Waals surface area contributed by atoms with Crippen molar-refractivity contribution in [2.75, 3.05) is 32.8 Å². The van der Waals surface area contributed by atoms with E-state index in [2.05, 4.69) is 27.7 Å². The van der Waals surface area contributed by atoms with Crippen LogP contribution in [0.2, 0.25) is 0 Å². The third kappa shape index (κ3) is 9.54. The molecule has 0 aromatic heterocycles. The van der Waals surface area contributed by atoms with E-state index >= 15 is 0 Å². The highest BCUT2D eigenvalue weighted by molar-refractivity contribution is 5.81. The zero-order valence-corrected chi connectivity index (χ0v) is 26.0. The number of carboxylic acids is 1. The van der Waals surface area contributed by atoms with Crippen LogP contribution in [0.25, 0.3) is 11.1 Å². The minimum Gasteiger partial charge on any atom is -0.480 e. The molecule has 1 heterocycles. The van der Waals surface area contributed by atoms with E-state index < -0.39 is 23.7 Å². The lowest BCUT2D eigenvalue weighted by molar-refractivity contribution is -0.156. The highest BCUT2D eigenvalue weighted by atomic mass is 16.6. The number of benzene rings is 2. The molecule has 0 spiro atoms. The summed E-state index contributed by atoms with van der Waals surface area (Å²) in [4.78, 5) is 50.9. The molecule has 0 bridgehead atoms. The number of likely N-dealkylation sites (tertiary alicyclic amines) is 1. The first kappa shape index (κ1) is 33.0. The number of unbranched alkanes of at least 4 members (excludes halogenated alkanes) is 1. The van der Waals surface area contributed by atoms with Crippen LogP contribution in [-0.2, 0) is 23.9 Å². The molecule has 2 aliphatic rings. The molecule has 0 radical (unpaired) electrons. The van der Waals surface area contributed by atoms with Gasteiger partial charge in [0, 0.05) is 18.9 Å². The Kier molecular flexibility index (Phi) is 11.4. The second-order valence-electron chi connectivity index (χ2n) is 12.7. The fourth-order valence-electron chi connectivity index (χ4n) is 5.98. The number of fused-ring (bicyclic) bond motifs is 3. The number of hydrogen-bond donors (Lipinski definition) is 3. The molecule has 1 aliphatic heterocycles. The first-order chi connectivity index (χ1) is 21.0. The number of nitrogens with one attached hydrogen (secondary N) is 2. The summed E-state index contributed by atoms with van der Waals surface area (Å²) in [6.45, 7) is 7.88. The molecule has 1 unspecified atom stereocenters. The van der Waals surface area contributed by atoms with Crippen LogP contribution >= 0.6 is 0 Å². The second-order valence-corrected chi connectivity index (χ2v) is 12.7. The van der Waals surface area contributed by atoms with Crippen LogP contribution in [0, 0.1) is 5.92 Å². The fourth-order valence-corrected chi connectivity index (χ4v) is 5.98. The van der Waals surface area contributed by atoms with Crippen molar-refractivity contribution in [1.29, 1.82) is 0 Å². The number of hydrogen-bond acceptors (Lipinski definition) is 7. The van der Waals surface area contributed by atoms with Gasteiger partial charge in [-0.2, -0.15) is 0 Å². The third-order valence-electron chi connectivity index (χ3n) is 8.13. The van der Waals surface area contributed by atoms with Gasteiger partial charge in [-0.25, -0.2) is 9.59 Å². The molecule has 2 aromatic rings. The van der Waals surface area contributed by atoms with Gasteiger partial charge in [-0.15, -0.1) is 0 Å². The van der Waals surface area contributed by atoms with Crippen molar-refractivity contribution in [1.82, 2.24) is 15.5 Å². The number of carbonyl (C=O) groups excluding carboxylic acids is 3. The molecule has 0 saturated carbocycles. The number of ether oxygens (including phenoxy) is 2. The Hall–Kier alpha value is -3.92. The Morgan fingerprint density at radius 2 is 1.57 bits per heavy atom. The summed E-state index contributed by atoms with van der Waals surface area (Å²) >= 11 is 0. The number of carbonyl (C=O) groups is 4. The highest BCUT2D eigenvalue weighted by Crippen LogP contribution is 2.44. The van der Waals surface area contributed by atoms with Gasteiger partial charge in [-0.05, 0) is 94.1 Å². The molecule has 1 atom stereocenters. The number of alkyl carbamates (subject to hydrolysis) is 1. The van der Waals surface area contributed by atoms with Gasteiger partial charge in [0.25, 0.3) is 0 Å². The van der Waals surface area contributed by atoms with Gasteiger partial charge in [0.2, 0.25) is 5.91 Å². The number of esters is 1. The van der Waals surface area contributed by atoms with Crippen LogP contribution in [0.3, 0.4) is 0 Å². The first-order valence-corrected chi connectivity index (χ1v) is 15.6. The van der Waals surface area contributed by atoms with Crippen molar-refractivity contribution in [3.05, 3.63) is 59.7 Å². The standard InChI is InChI=1S/C34H45N3O7/c1-34(2,3)44-31(39)21-37-18-15-23(16-19-37)20-30(38)35-17-9-8-14-29(32(40)41)36-33(42)43-22-28-26-12-6-4-10-24(26)25-11-5-7-13-27(25)28/h4-7,10-13,23,28-29H,8-9,14-22H2,1-3H3,(H,35,38)(H,36,42)(H,40,41). The normalized spacial score (nSPS) is 16.0. The molecule has 238 valence electrons. The van der Waals surface area contributed by atoms with Crippen LogP contribution < -0.4 is 10.6 Å². The number of nitrogens with zero attached hydrogens (tertiary/aromatic N) is 1. The molecular weight excluding hydrogens is 562 g/mol. The second kappa shape index (κ2) is 15.2. The number of piperidine rings is 1. The average Bonchev–Trinajstić information content (AvgIpc) is 3.29. The topological polar surface area (TPSA) is 134 Å². The first-order valence-electron chi connectivity index (χ1n) is 15.6. The number of aliphatic carboxylic acids is 1. The van der Waals surface area contributed by atoms with Crippen LogP contribution in [0.15, 0.2) is 48.5 Å². The van der Waals surface area contributed by atoms with Crippen LogP contribution in [0.5, 0.6) is 0 Å². The maximum atomic E-state index is 12.6. The predicted octanol–water partition coefficient (Wildman–Crippen LogP) is 4.71. The molecule has 2 amide bonds. The Morgan fingerprint density at radius 3 is 2.16 bits per heavy atom. The van der Waals surface area contributed by atoms with Crippen molar-refractivity contribution in [2.24, 2.45) is 5.92 Å². The monoisotopic (exact) mass is 607 g/mol. The Morgan fingerprint density at radius 1 is 0.955 bits per heavy atom. The van der Waals surface area contributed by atoms with Gasteiger partial charge in [-0.1, -0.05) is 48.5 Å². The smallest absolute Gasteiger partial charge is 0.407 e. The van der Waals surface area contributed by atoms with E-state index in [0.29, 0.717) is 25.8 Å². The molecule has 1 fully saturated rings. The molecule has 4 rings (SSSR count). The number of carboxylic acid groups (broad SMARTS) is 1. The molecule has 44 heavy (non-hydrogen) atoms. The Bertz CT molecular complexity index is 1270. The lowest BCUT2D eigenvalue weighted by atomic mass is 9.93. The van der Waals surface area contributed by atoms with Crippen molar-refractivity contribution in [3.8, 4) is 11.1 Å². The average molecular weight is 608 g/mol. The molecule has 1 saturated heterocycles. The lowest BCUT2D eigenvalue weighted by Gasteiger charge is -2.31. The molecule has 2 aromatic carbocycles. The van der Waals surface area contributed by atoms with E-state index in [4.69, 9.17) is 9.47 Å². The maximum Gasteiger partial charge on any atom is 0.407 e. The SMILES string of the molecule is CC(C)(C)OC(=O)CN1CCC(CC(=O)NCCCCC(NC(=O)OCC2c3ccccc3-c3ccccc32)C(=O)O)CC1. The fraction of sp³-hybridized carbons (Fsp3) is 0.529. The summed E-state index contributed by atoms with van der Waals surface area (Å²) in [6, 6.07) is 15.0. The van der Waals surface area contributed by atoms with E-state index in [9.17, 15) is 24.3 Å². The van der Waals surface area contributed by atoms with Crippen molar-refractivity contribution < 1.29 is 33.8 Å². The molecular formula is C34H45N3O7. The van der Waals surface area contributed by atoms with Gasteiger partial charge >= 0.3 is 18.0 Å². The van der Waals surface area contributed by atoms with Crippen LogP contribution in [0.1, 0.15) is 76.3 Å². The summed E-state index contributed by atoms with van der Waals surface area (Å²) < 4.78 is 10.9. The van der Waals surface area contributed by atoms with Gasteiger partial charge in [0.15, 0.2) is 0 Å². The Balaban J connectivity index is 1.11. The van der Waals surface area contributed by atoms with Crippen molar-refractivity contribution in [2.45, 2.75) is 76.9 Å². The van der Waals surface area contributed by atoms with Gasteiger partial charge < -0.3 is 25.2 Å². The van der Waals surface area contributed by atoms with Gasteiger partial charge in [0.1, 0.15) is 18.2 Å². The zero-order chi connectivity index (χ0) is 31.7. The number of rotatable bonds is 13. The number of amides is 2. The largest absolute Gasteiger partial charge is 0.480 e. The van der Waals surface area contributed by atoms with E-state index in [1.54, 1.807) is 0 Å². The summed E-state index contributed by atoms with van der Waals surface area (Å²) in [7, 11) is 0. The van der Waals surface area contributed by atoms with E-state index in [0.717, 1.165) is 48.2 Å². The van der Waals surface area contributed by atoms with Gasteiger partial charge in [-0.3, -0.25) is 14.5 Å². The maximum absolute atomic E-state index is 12.6. The summed E-state index contributed by atoms with van der Waals surface area (Å²) in [5, 5.41) is 15.0. The molecule has 10 heteroatoms. The van der Waals surface area contributed by atoms with E-state index in [1.807, 2.05) is 57.2 Å². The highest BCUT2D eigenvalue weighted by Gasteiger charge is 2.30. The molecule has 1 aliphatic carbocycles. The van der Waals surface area contributed by atoms with E-state index in [1.165, 1.54) is 0 Å². The van der Waals surface area contributed by atoms with Gasteiger partial charge in [0.05, 0.1) is 6.54 Å². The van der Waals surface area contributed by atoms with Crippen molar-refractivity contribution in [3.63, 3.8) is 0 Å². The predicted molar refractivity (Wildman–Crippen MR) is 166 cm³/mol. The van der Waals surface area contributed by atoms with Crippen LogP contribution in [-0.4, -0.2) is 78.4 Å². The quantitative estimate of drug-likeness (QED) is 0.220. The van der Waals surface area contributed by atoms with Crippen LogP contribution in [0.4, 0.5) is 4.79 Å². The molecule has 10 nitrogen and oxygen atoms in total. The zero-order valence-electron chi connectivity index (χ0n) is 26.0. The Labute approximate surface area is 259 Å². The summed E-state index contributed by atoms with van der Waals surface area (Å²) in [6.07, 6.45) is 2.70. The lowest BCUT2D eigenvalue weighted by Crippen LogP contribution is -2.41. The van der Waals surface area contributed by atoms with E-state index in [-0.39, 0.29) is 43.3 Å². The summed E-state index contributed by atoms with van der Waals surface area (Å²) in [5.41, 5.74) is 3.91. The molecule has 3 N–H and O–H groups in total. The minimum atomic E-state index is -1.12. The minimum absolute atomic E-state index is 0.0258. The van der Waals surface area contributed by atoms with Crippen molar-refractivity contribution >= 4 is 23.9 Å². The summed E-state index contributed by atoms with van der Waals surface area (Å²) in [5.74, 6) is -1.22. The third-order valence-corrected chi connectivity index (χ3v) is 8.13.